The fraction of sp³-hybridized carbons (Fsp3) is 0.381. The molecule has 0 amide bonds. The number of hydrogen-bond acceptors (Lipinski definition) is 4. The van der Waals surface area contributed by atoms with Gasteiger partial charge in [-0.25, -0.2) is 4.98 Å². The number of H-pyrrole nitrogens is 1. The maximum absolute atomic E-state index is 9.60. The first kappa shape index (κ1) is 17.2. The molecule has 2 aromatic heterocycles. The van der Waals surface area contributed by atoms with Gasteiger partial charge in [-0.15, -0.1) is 0 Å². The molecule has 136 valence electrons. The molecule has 0 aliphatic carbocycles. The maximum Gasteiger partial charge on any atom is 0.137 e. The van der Waals surface area contributed by atoms with Crippen LogP contribution in [0.2, 0.25) is 0 Å². The van der Waals surface area contributed by atoms with Crippen molar-refractivity contribution in [2.75, 3.05) is 13.1 Å². The fourth-order valence-corrected chi connectivity index (χ4v) is 3.61. The molecule has 0 atom stereocenters. The molecule has 1 aromatic carbocycles. The van der Waals surface area contributed by atoms with Gasteiger partial charge in [-0.05, 0) is 41.7 Å². The Morgan fingerprint density at radius 2 is 1.81 bits per heavy atom. The van der Waals surface area contributed by atoms with E-state index in [2.05, 4.69) is 56.6 Å². The Hall–Kier alpha value is -2.21. The molecule has 1 aliphatic heterocycles. The number of aromatic amines is 1. The van der Waals surface area contributed by atoms with E-state index in [0.717, 1.165) is 51.2 Å². The molecule has 26 heavy (non-hydrogen) atoms. The van der Waals surface area contributed by atoms with E-state index in [9.17, 15) is 5.11 Å². The number of piperidine rings is 1. The van der Waals surface area contributed by atoms with E-state index in [-0.39, 0.29) is 6.10 Å². The second-order valence-electron chi connectivity index (χ2n) is 7.14. The number of aliphatic hydroxyl groups excluding tert-OH is 1. The van der Waals surface area contributed by atoms with Gasteiger partial charge in [0.25, 0.3) is 0 Å². The monoisotopic (exact) mass is 350 g/mol. The molecule has 0 spiro atoms. The fourth-order valence-electron chi connectivity index (χ4n) is 3.61. The average Bonchev–Trinajstić information content (AvgIpc) is 3.15. The van der Waals surface area contributed by atoms with Gasteiger partial charge in [0.2, 0.25) is 0 Å². The number of fused-ring (bicyclic) bond motifs is 1. The molecule has 0 bridgehead atoms. The summed E-state index contributed by atoms with van der Waals surface area (Å²) >= 11 is 0. The molecule has 0 saturated carbocycles. The highest BCUT2D eigenvalue weighted by atomic mass is 16.3. The number of nitrogens with zero attached hydrogens (tertiary/aromatic N) is 2. The van der Waals surface area contributed by atoms with Crippen LogP contribution in [0, 0.1) is 0 Å². The first-order chi connectivity index (χ1) is 12.8. The molecule has 0 radical (unpaired) electrons. The van der Waals surface area contributed by atoms with Crippen molar-refractivity contribution in [1.82, 2.24) is 20.2 Å². The second-order valence-corrected chi connectivity index (χ2v) is 7.14. The van der Waals surface area contributed by atoms with E-state index >= 15 is 0 Å². The topological polar surface area (TPSA) is 64.2 Å². The molecular weight excluding hydrogens is 324 g/mol. The van der Waals surface area contributed by atoms with Crippen molar-refractivity contribution in [2.45, 2.75) is 38.6 Å². The van der Waals surface area contributed by atoms with Gasteiger partial charge in [-0.1, -0.05) is 24.3 Å². The number of hydrogen-bond donors (Lipinski definition) is 3. The zero-order valence-electron chi connectivity index (χ0n) is 15.0. The highest BCUT2D eigenvalue weighted by Crippen LogP contribution is 2.16. The summed E-state index contributed by atoms with van der Waals surface area (Å²) in [5.74, 6) is 0. The minimum Gasteiger partial charge on any atom is -0.393 e. The van der Waals surface area contributed by atoms with Crippen molar-refractivity contribution in [2.24, 2.45) is 0 Å². The summed E-state index contributed by atoms with van der Waals surface area (Å²) in [5.41, 5.74) is 4.84. The summed E-state index contributed by atoms with van der Waals surface area (Å²) in [7, 11) is 0. The third kappa shape index (κ3) is 4.12. The van der Waals surface area contributed by atoms with Gasteiger partial charge < -0.3 is 15.4 Å². The predicted molar refractivity (Wildman–Crippen MR) is 104 cm³/mol. The Morgan fingerprint density at radius 1 is 1.04 bits per heavy atom. The predicted octanol–water partition coefficient (Wildman–Crippen LogP) is 2.81. The molecule has 1 saturated heterocycles. The van der Waals surface area contributed by atoms with Crippen LogP contribution in [-0.2, 0) is 19.6 Å². The molecule has 3 aromatic rings. The van der Waals surface area contributed by atoms with E-state index < -0.39 is 0 Å². The Morgan fingerprint density at radius 3 is 2.62 bits per heavy atom. The van der Waals surface area contributed by atoms with Crippen LogP contribution in [-0.4, -0.2) is 39.2 Å². The number of rotatable bonds is 6. The molecular formula is C21H26N4O. The highest BCUT2D eigenvalue weighted by molar-refractivity contribution is 5.79. The van der Waals surface area contributed by atoms with Crippen molar-refractivity contribution < 1.29 is 5.11 Å². The Kier molecular flexibility index (Phi) is 5.29. The van der Waals surface area contributed by atoms with Crippen LogP contribution >= 0.6 is 0 Å². The number of benzene rings is 1. The van der Waals surface area contributed by atoms with Crippen molar-refractivity contribution in [3.05, 3.63) is 65.5 Å². The van der Waals surface area contributed by atoms with Crippen molar-refractivity contribution >= 4 is 11.0 Å². The molecule has 1 fully saturated rings. The summed E-state index contributed by atoms with van der Waals surface area (Å²) < 4.78 is 0. The molecule has 5 nitrogen and oxygen atoms in total. The highest BCUT2D eigenvalue weighted by Gasteiger charge is 2.16. The standard InChI is InChI=1S/C21H26N4O/c26-19-7-11-25(12-8-19)15-17-3-1-16(2-4-17)13-22-14-18-5-9-23-21-20(18)6-10-24-21/h1-6,9-10,19,22,26H,7-8,11-15H2,(H,23,24). The number of pyridine rings is 1. The van der Waals surface area contributed by atoms with E-state index in [1.165, 1.54) is 22.1 Å². The summed E-state index contributed by atoms with van der Waals surface area (Å²) in [5, 5.41) is 14.3. The number of likely N-dealkylation sites (tertiary alicyclic amines) is 1. The summed E-state index contributed by atoms with van der Waals surface area (Å²) in [6, 6.07) is 13.0. The van der Waals surface area contributed by atoms with Gasteiger partial charge in [0, 0.05) is 50.5 Å². The van der Waals surface area contributed by atoms with Crippen LogP contribution < -0.4 is 5.32 Å². The minimum absolute atomic E-state index is 0.104. The van der Waals surface area contributed by atoms with Gasteiger partial charge in [-0.2, -0.15) is 0 Å². The number of aromatic nitrogens is 2. The van der Waals surface area contributed by atoms with Crippen LogP contribution in [0.4, 0.5) is 0 Å². The number of aliphatic hydroxyl groups is 1. The van der Waals surface area contributed by atoms with Crippen LogP contribution in [0.5, 0.6) is 0 Å². The summed E-state index contributed by atoms with van der Waals surface area (Å²) in [6.45, 7) is 4.64. The summed E-state index contributed by atoms with van der Waals surface area (Å²) in [6.07, 6.45) is 5.47. The average molecular weight is 350 g/mol. The number of nitrogens with one attached hydrogen (secondary N) is 2. The van der Waals surface area contributed by atoms with E-state index in [1.807, 2.05) is 12.4 Å². The molecule has 4 rings (SSSR count). The SMILES string of the molecule is OC1CCN(Cc2ccc(CNCc3ccnc4[nH]ccc34)cc2)CC1. The van der Waals surface area contributed by atoms with Gasteiger partial charge in [0.15, 0.2) is 0 Å². The smallest absolute Gasteiger partial charge is 0.137 e. The third-order valence-corrected chi connectivity index (χ3v) is 5.18. The minimum atomic E-state index is -0.104. The zero-order valence-corrected chi connectivity index (χ0v) is 15.0. The van der Waals surface area contributed by atoms with Gasteiger partial charge >= 0.3 is 0 Å². The van der Waals surface area contributed by atoms with Gasteiger partial charge in [0.1, 0.15) is 5.65 Å². The molecule has 5 heteroatoms. The van der Waals surface area contributed by atoms with E-state index in [0.29, 0.717) is 0 Å². The van der Waals surface area contributed by atoms with E-state index in [4.69, 9.17) is 0 Å². The lowest BCUT2D eigenvalue weighted by molar-refractivity contribution is 0.0792. The molecule has 3 heterocycles. The Labute approximate surface area is 154 Å². The van der Waals surface area contributed by atoms with Gasteiger partial charge in [-0.3, -0.25) is 4.90 Å². The Balaban J connectivity index is 1.28. The van der Waals surface area contributed by atoms with Gasteiger partial charge in [0.05, 0.1) is 6.10 Å². The molecule has 3 N–H and O–H groups in total. The van der Waals surface area contributed by atoms with Crippen LogP contribution in [0.3, 0.4) is 0 Å². The van der Waals surface area contributed by atoms with Crippen molar-refractivity contribution in [1.29, 1.82) is 0 Å². The van der Waals surface area contributed by atoms with E-state index in [1.54, 1.807) is 0 Å². The molecule has 0 unspecified atom stereocenters. The Bertz CT molecular complexity index is 835. The zero-order chi connectivity index (χ0) is 17.8. The lowest BCUT2D eigenvalue weighted by atomic mass is 10.1. The van der Waals surface area contributed by atoms with Crippen molar-refractivity contribution in [3.63, 3.8) is 0 Å². The lowest BCUT2D eigenvalue weighted by Crippen LogP contribution is -2.35. The van der Waals surface area contributed by atoms with Crippen LogP contribution in [0.1, 0.15) is 29.5 Å². The second kappa shape index (κ2) is 7.99. The van der Waals surface area contributed by atoms with Crippen LogP contribution in [0.25, 0.3) is 11.0 Å². The normalized spacial score (nSPS) is 16.3. The summed E-state index contributed by atoms with van der Waals surface area (Å²) in [4.78, 5) is 9.90. The lowest BCUT2D eigenvalue weighted by Gasteiger charge is -2.29. The quantitative estimate of drug-likeness (QED) is 0.640. The molecule has 1 aliphatic rings. The first-order valence-electron chi connectivity index (χ1n) is 9.38. The third-order valence-electron chi connectivity index (χ3n) is 5.18. The maximum atomic E-state index is 9.60. The van der Waals surface area contributed by atoms with Crippen molar-refractivity contribution in [3.8, 4) is 0 Å². The largest absolute Gasteiger partial charge is 0.393 e. The van der Waals surface area contributed by atoms with Crippen LogP contribution in [0.15, 0.2) is 48.8 Å². The first-order valence-corrected chi connectivity index (χ1v) is 9.38.